The molecule has 0 bridgehead atoms. The maximum Gasteiger partial charge on any atom is 0.253 e. The number of ether oxygens (including phenoxy) is 1. The van der Waals surface area contributed by atoms with Crippen molar-refractivity contribution >= 4 is 5.91 Å². The van der Waals surface area contributed by atoms with Gasteiger partial charge in [0.15, 0.2) is 0 Å². The molecule has 4 heteroatoms. The fourth-order valence-corrected chi connectivity index (χ4v) is 2.36. The molecule has 0 heterocycles. The van der Waals surface area contributed by atoms with Crippen molar-refractivity contribution in [2.24, 2.45) is 11.7 Å². The van der Waals surface area contributed by atoms with Gasteiger partial charge >= 0.3 is 0 Å². The van der Waals surface area contributed by atoms with Gasteiger partial charge in [0.2, 0.25) is 0 Å². The van der Waals surface area contributed by atoms with Gasteiger partial charge in [0.25, 0.3) is 5.91 Å². The maximum absolute atomic E-state index is 12.2. The highest BCUT2D eigenvalue weighted by Crippen LogP contribution is 2.26. The summed E-state index contributed by atoms with van der Waals surface area (Å²) in [5.41, 5.74) is 6.44. The monoisotopic (exact) mass is 248 g/mol. The first-order valence-corrected chi connectivity index (χ1v) is 6.25. The zero-order chi connectivity index (χ0) is 13.1. The van der Waals surface area contributed by atoms with Crippen LogP contribution >= 0.6 is 0 Å². The minimum atomic E-state index is 0.0538. The Balaban J connectivity index is 1.92. The summed E-state index contributed by atoms with van der Waals surface area (Å²) in [6.45, 7) is 0.790. The topological polar surface area (TPSA) is 55.6 Å². The first-order chi connectivity index (χ1) is 8.60. The smallest absolute Gasteiger partial charge is 0.253 e. The number of nitrogens with zero attached hydrogens (tertiary/aromatic N) is 1. The van der Waals surface area contributed by atoms with Crippen LogP contribution in [0.3, 0.4) is 0 Å². The molecule has 0 atom stereocenters. The zero-order valence-electron chi connectivity index (χ0n) is 10.9. The molecule has 1 aromatic carbocycles. The number of rotatable bonds is 4. The summed E-state index contributed by atoms with van der Waals surface area (Å²) in [4.78, 5) is 13.9. The summed E-state index contributed by atoms with van der Waals surface area (Å²) < 4.78 is 5.07. The molecule has 0 spiro atoms. The molecule has 18 heavy (non-hydrogen) atoms. The molecule has 0 unspecified atom stereocenters. The molecule has 1 fully saturated rings. The lowest BCUT2D eigenvalue weighted by Gasteiger charge is -2.35. The quantitative estimate of drug-likeness (QED) is 0.878. The first-order valence-electron chi connectivity index (χ1n) is 6.25. The third-order valence-electron chi connectivity index (χ3n) is 3.49. The van der Waals surface area contributed by atoms with Crippen LogP contribution in [0, 0.1) is 5.92 Å². The average Bonchev–Trinajstić information content (AvgIpc) is 2.36. The van der Waals surface area contributed by atoms with E-state index in [1.165, 1.54) is 0 Å². The van der Waals surface area contributed by atoms with Crippen LogP contribution in [-0.2, 0) is 0 Å². The number of benzene rings is 1. The van der Waals surface area contributed by atoms with E-state index >= 15 is 0 Å². The van der Waals surface area contributed by atoms with E-state index in [-0.39, 0.29) is 5.91 Å². The highest BCUT2D eigenvalue weighted by molar-refractivity contribution is 5.94. The number of amides is 1. The lowest BCUT2D eigenvalue weighted by atomic mass is 9.80. The Bertz CT molecular complexity index is 410. The van der Waals surface area contributed by atoms with Gasteiger partial charge in [0.1, 0.15) is 5.75 Å². The molecule has 4 nitrogen and oxygen atoms in total. The summed E-state index contributed by atoms with van der Waals surface area (Å²) in [5.74, 6) is 1.38. The number of carbonyl (C=O) groups excluding carboxylic acids is 1. The lowest BCUT2D eigenvalue weighted by molar-refractivity contribution is 0.0734. The van der Waals surface area contributed by atoms with E-state index in [9.17, 15) is 4.79 Å². The third kappa shape index (κ3) is 2.82. The molecule has 2 rings (SSSR count). The van der Waals surface area contributed by atoms with Crippen molar-refractivity contribution in [3.63, 3.8) is 0 Å². The fraction of sp³-hybridized carbons (Fsp3) is 0.500. The highest BCUT2D eigenvalue weighted by Gasteiger charge is 2.28. The molecule has 98 valence electrons. The first kappa shape index (κ1) is 12.9. The van der Waals surface area contributed by atoms with Gasteiger partial charge in [-0.05, 0) is 43.0 Å². The minimum absolute atomic E-state index is 0.0538. The summed E-state index contributed by atoms with van der Waals surface area (Å²) in [7, 11) is 3.46. The summed E-state index contributed by atoms with van der Waals surface area (Å²) in [6, 6.07) is 7.54. The van der Waals surface area contributed by atoms with Crippen LogP contribution in [0.25, 0.3) is 0 Å². The van der Waals surface area contributed by atoms with Gasteiger partial charge in [-0.3, -0.25) is 4.79 Å². The highest BCUT2D eigenvalue weighted by atomic mass is 16.5. The second kappa shape index (κ2) is 5.40. The zero-order valence-corrected chi connectivity index (χ0v) is 10.9. The number of carbonyl (C=O) groups is 1. The molecule has 1 saturated carbocycles. The minimum Gasteiger partial charge on any atom is -0.497 e. The average molecular weight is 248 g/mol. The van der Waals surface area contributed by atoms with Crippen molar-refractivity contribution in [1.29, 1.82) is 0 Å². The van der Waals surface area contributed by atoms with Crippen LogP contribution in [0.4, 0.5) is 0 Å². The van der Waals surface area contributed by atoms with Crippen LogP contribution in [0.2, 0.25) is 0 Å². The second-order valence-corrected chi connectivity index (χ2v) is 5.01. The molecule has 0 aromatic heterocycles. The van der Waals surface area contributed by atoms with E-state index < -0.39 is 0 Å². The lowest BCUT2D eigenvalue weighted by Crippen LogP contribution is -2.43. The van der Waals surface area contributed by atoms with E-state index in [1.54, 1.807) is 36.3 Å². The molecule has 1 aromatic rings. The van der Waals surface area contributed by atoms with Gasteiger partial charge in [-0.25, -0.2) is 0 Å². The molecule has 1 amide bonds. The van der Waals surface area contributed by atoms with Crippen molar-refractivity contribution in [1.82, 2.24) is 4.90 Å². The maximum atomic E-state index is 12.2. The Morgan fingerprint density at radius 3 is 2.50 bits per heavy atom. The van der Waals surface area contributed by atoms with Crippen molar-refractivity contribution in [2.45, 2.75) is 18.9 Å². The normalized spacial score (nSPS) is 22.2. The SMILES string of the molecule is COc1ccc(C(=O)N(C)CC2CC(N)C2)cc1. The van der Waals surface area contributed by atoms with Gasteiger partial charge in [0, 0.05) is 25.2 Å². The van der Waals surface area contributed by atoms with Crippen molar-refractivity contribution < 1.29 is 9.53 Å². The summed E-state index contributed by atoms with van der Waals surface area (Å²) >= 11 is 0. The Morgan fingerprint density at radius 1 is 1.39 bits per heavy atom. The standard InChI is InChI=1S/C14H20N2O2/c1-16(9-10-7-12(15)8-10)14(17)11-3-5-13(18-2)6-4-11/h3-6,10,12H,7-9,15H2,1-2H3. The van der Waals surface area contributed by atoms with Gasteiger partial charge in [-0.1, -0.05) is 0 Å². The predicted molar refractivity (Wildman–Crippen MR) is 70.7 cm³/mol. The second-order valence-electron chi connectivity index (χ2n) is 5.01. The predicted octanol–water partition coefficient (Wildman–Crippen LogP) is 1.50. The molecule has 0 radical (unpaired) electrons. The Morgan fingerprint density at radius 2 is 2.00 bits per heavy atom. The van der Waals surface area contributed by atoms with Crippen molar-refractivity contribution in [3.05, 3.63) is 29.8 Å². The number of nitrogens with two attached hydrogens (primary N) is 1. The molecule has 1 aliphatic rings. The number of hydrogen-bond acceptors (Lipinski definition) is 3. The fourth-order valence-electron chi connectivity index (χ4n) is 2.36. The molecular weight excluding hydrogens is 228 g/mol. The Hall–Kier alpha value is -1.55. The molecule has 0 aliphatic heterocycles. The van der Waals surface area contributed by atoms with E-state index in [4.69, 9.17) is 10.5 Å². The summed E-state index contributed by atoms with van der Waals surface area (Å²) in [5, 5.41) is 0. The van der Waals surface area contributed by atoms with E-state index in [1.807, 2.05) is 7.05 Å². The molecular formula is C14H20N2O2. The van der Waals surface area contributed by atoms with Gasteiger partial charge in [-0.2, -0.15) is 0 Å². The van der Waals surface area contributed by atoms with E-state index in [0.717, 1.165) is 25.1 Å². The largest absolute Gasteiger partial charge is 0.497 e. The van der Waals surface area contributed by atoms with Gasteiger partial charge in [0.05, 0.1) is 7.11 Å². The van der Waals surface area contributed by atoms with Crippen molar-refractivity contribution in [3.8, 4) is 5.75 Å². The van der Waals surface area contributed by atoms with E-state index in [0.29, 0.717) is 17.5 Å². The molecule has 0 saturated heterocycles. The van der Waals surface area contributed by atoms with Crippen LogP contribution in [0.1, 0.15) is 23.2 Å². The molecule has 1 aliphatic carbocycles. The van der Waals surface area contributed by atoms with Crippen LogP contribution < -0.4 is 10.5 Å². The molecule has 2 N–H and O–H groups in total. The Kier molecular flexibility index (Phi) is 3.87. The third-order valence-corrected chi connectivity index (χ3v) is 3.49. The van der Waals surface area contributed by atoms with Gasteiger partial charge in [-0.15, -0.1) is 0 Å². The number of hydrogen-bond donors (Lipinski definition) is 1. The van der Waals surface area contributed by atoms with Crippen LogP contribution in [-0.4, -0.2) is 37.6 Å². The Labute approximate surface area is 108 Å². The van der Waals surface area contributed by atoms with Crippen LogP contribution in [0.15, 0.2) is 24.3 Å². The number of methoxy groups -OCH3 is 1. The van der Waals surface area contributed by atoms with Crippen molar-refractivity contribution in [2.75, 3.05) is 20.7 Å². The van der Waals surface area contributed by atoms with E-state index in [2.05, 4.69) is 0 Å². The van der Waals surface area contributed by atoms with Gasteiger partial charge < -0.3 is 15.4 Å². The van der Waals surface area contributed by atoms with Crippen LogP contribution in [0.5, 0.6) is 5.75 Å². The summed E-state index contributed by atoms with van der Waals surface area (Å²) in [6.07, 6.45) is 2.06.